The number of nitrogens with zero attached hydrogens (tertiary/aromatic N) is 3. The van der Waals surface area contributed by atoms with Crippen LogP contribution in [-0.2, 0) is 15.1 Å². The average Bonchev–Trinajstić information content (AvgIpc) is 2.83. The standard InChI is InChI=1S/C28H37ClN4O3/c1-6-21(22-9-8-20(29)15-23(22)17(2)3)27-31-18(4)25(26(30)32-27)28(5,16-34)33-13-11-19(12-14-33)7-10-24(35)36/h6,8-9,15-17,19H,7,10-14H2,1-5H3,(H,35,36)(H2,30,31,32)/b21-6+. The molecule has 0 saturated carbocycles. The molecule has 3 rings (SSSR count). The van der Waals surface area contributed by atoms with Crippen molar-refractivity contribution in [2.45, 2.75) is 71.8 Å². The van der Waals surface area contributed by atoms with Gasteiger partial charge in [0, 0.05) is 28.3 Å². The first-order valence-electron chi connectivity index (χ1n) is 12.6. The van der Waals surface area contributed by atoms with Crippen molar-refractivity contribution in [3.05, 3.63) is 57.5 Å². The number of nitrogen functional groups attached to an aromatic ring is 1. The van der Waals surface area contributed by atoms with Crippen LogP contribution < -0.4 is 5.73 Å². The molecule has 1 aromatic heterocycles. The number of carbonyl (C=O) groups excluding carboxylic acids is 1. The normalized spacial score (nSPS) is 17.2. The number of carbonyl (C=O) groups is 2. The van der Waals surface area contributed by atoms with E-state index in [9.17, 15) is 9.59 Å². The van der Waals surface area contributed by atoms with Gasteiger partial charge in [-0.05, 0) is 88.2 Å². The molecule has 1 atom stereocenters. The molecule has 7 nitrogen and oxygen atoms in total. The molecule has 194 valence electrons. The monoisotopic (exact) mass is 512 g/mol. The Morgan fingerprint density at radius 1 is 1.31 bits per heavy atom. The summed E-state index contributed by atoms with van der Waals surface area (Å²) in [5, 5.41) is 9.66. The van der Waals surface area contributed by atoms with Gasteiger partial charge in [-0.25, -0.2) is 9.97 Å². The lowest BCUT2D eigenvalue weighted by Gasteiger charge is -2.42. The van der Waals surface area contributed by atoms with E-state index in [0.29, 0.717) is 53.4 Å². The molecule has 1 aliphatic rings. The molecule has 0 aliphatic carbocycles. The Balaban J connectivity index is 1.94. The number of aldehydes is 1. The molecule has 2 aromatic rings. The van der Waals surface area contributed by atoms with Crippen LogP contribution in [0.4, 0.5) is 5.82 Å². The highest BCUT2D eigenvalue weighted by Crippen LogP contribution is 2.37. The summed E-state index contributed by atoms with van der Waals surface area (Å²) in [5.41, 5.74) is 9.83. The summed E-state index contributed by atoms with van der Waals surface area (Å²) in [6.45, 7) is 11.3. The van der Waals surface area contributed by atoms with Crippen molar-refractivity contribution in [2.75, 3.05) is 18.8 Å². The predicted molar refractivity (Wildman–Crippen MR) is 144 cm³/mol. The lowest BCUT2D eigenvalue weighted by molar-refractivity contribution is -0.137. The summed E-state index contributed by atoms with van der Waals surface area (Å²) in [6.07, 6.45) is 5.42. The van der Waals surface area contributed by atoms with Crippen LogP contribution in [0.3, 0.4) is 0 Å². The number of hydrogen-bond donors (Lipinski definition) is 2. The maximum atomic E-state index is 12.5. The minimum absolute atomic E-state index is 0.177. The Kier molecular flexibility index (Phi) is 8.90. The highest BCUT2D eigenvalue weighted by Gasteiger charge is 2.39. The van der Waals surface area contributed by atoms with Crippen LogP contribution in [0.15, 0.2) is 24.3 Å². The Bertz CT molecular complexity index is 1130. The zero-order valence-corrected chi connectivity index (χ0v) is 22.6. The van der Waals surface area contributed by atoms with E-state index < -0.39 is 11.5 Å². The van der Waals surface area contributed by atoms with Crippen LogP contribution >= 0.6 is 11.6 Å². The van der Waals surface area contributed by atoms with Crippen molar-refractivity contribution in [1.29, 1.82) is 0 Å². The molecular weight excluding hydrogens is 476 g/mol. The number of aromatic nitrogens is 2. The minimum Gasteiger partial charge on any atom is -0.481 e. The number of carboxylic acids is 1. The molecule has 1 aromatic carbocycles. The van der Waals surface area contributed by atoms with Crippen LogP contribution in [0.25, 0.3) is 5.57 Å². The fourth-order valence-corrected chi connectivity index (χ4v) is 5.49. The average molecular weight is 513 g/mol. The Hall–Kier alpha value is -2.77. The number of halogens is 1. The second kappa shape index (κ2) is 11.5. The summed E-state index contributed by atoms with van der Waals surface area (Å²) in [4.78, 5) is 35.1. The number of likely N-dealkylation sites (tertiary alicyclic amines) is 1. The third-order valence-electron chi connectivity index (χ3n) is 7.35. The van der Waals surface area contributed by atoms with E-state index >= 15 is 0 Å². The fraction of sp³-hybridized carbons (Fsp3) is 0.500. The van der Waals surface area contributed by atoms with E-state index in [1.807, 2.05) is 45.0 Å². The van der Waals surface area contributed by atoms with Gasteiger partial charge in [0.2, 0.25) is 0 Å². The van der Waals surface area contributed by atoms with Gasteiger partial charge in [0.1, 0.15) is 17.6 Å². The summed E-state index contributed by atoms with van der Waals surface area (Å²) in [5.74, 6) is 0.635. The van der Waals surface area contributed by atoms with E-state index in [-0.39, 0.29) is 12.3 Å². The van der Waals surface area contributed by atoms with Crippen molar-refractivity contribution in [1.82, 2.24) is 14.9 Å². The minimum atomic E-state index is -0.968. The smallest absolute Gasteiger partial charge is 0.303 e. The number of aryl methyl sites for hydroxylation is 1. The molecule has 1 saturated heterocycles. The molecule has 0 radical (unpaired) electrons. The highest BCUT2D eigenvalue weighted by molar-refractivity contribution is 6.30. The fourth-order valence-electron chi connectivity index (χ4n) is 5.31. The van der Waals surface area contributed by atoms with E-state index in [4.69, 9.17) is 32.4 Å². The number of nitrogens with two attached hydrogens (primary N) is 1. The third-order valence-corrected chi connectivity index (χ3v) is 7.58. The number of allylic oxidation sites excluding steroid dienone is 1. The topological polar surface area (TPSA) is 109 Å². The quantitative estimate of drug-likeness (QED) is 0.421. The maximum Gasteiger partial charge on any atom is 0.303 e. The largest absolute Gasteiger partial charge is 0.481 e. The van der Waals surface area contributed by atoms with Crippen LogP contribution in [-0.4, -0.2) is 45.3 Å². The number of carboxylic acid groups (broad SMARTS) is 1. The van der Waals surface area contributed by atoms with Crippen LogP contribution in [0.1, 0.15) is 87.5 Å². The molecule has 3 N–H and O–H groups in total. The van der Waals surface area contributed by atoms with Gasteiger partial charge in [-0.15, -0.1) is 0 Å². The van der Waals surface area contributed by atoms with Crippen molar-refractivity contribution < 1.29 is 14.7 Å². The van der Waals surface area contributed by atoms with Gasteiger partial charge in [-0.2, -0.15) is 0 Å². The second-order valence-electron chi connectivity index (χ2n) is 10.1. The molecule has 1 aliphatic heterocycles. The van der Waals surface area contributed by atoms with Crippen molar-refractivity contribution in [3.63, 3.8) is 0 Å². The molecule has 0 spiro atoms. The van der Waals surface area contributed by atoms with Gasteiger partial charge < -0.3 is 15.6 Å². The zero-order chi connectivity index (χ0) is 26.6. The van der Waals surface area contributed by atoms with E-state index in [0.717, 1.165) is 35.8 Å². The van der Waals surface area contributed by atoms with Gasteiger partial charge in [0.25, 0.3) is 0 Å². The number of benzene rings is 1. The number of hydrogen-bond acceptors (Lipinski definition) is 6. The second-order valence-corrected chi connectivity index (χ2v) is 10.5. The van der Waals surface area contributed by atoms with Gasteiger partial charge in [0.15, 0.2) is 5.82 Å². The van der Waals surface area contributed by atoms with Crippen molar-refractivity contribution in [3.8, 4) is 0 Å². The van der Waals surface area contributed by atoms with Crippen LogP contribution in [0, 0.1) is 12.8 Å². The summed E-state index contributed by atoms with van der Waals surface area (Å²) in [6, 6.07) is 5.82. The number of rotatable bonds is 9. The molecule has 0 bridgehead atoms. The lowest BCUT2D eigenvalue weighted by atomic mass is 9.85. The number of aliphatic carboxylic acids is 1. The third kappa shape index (κ3) is 5.79. The molecule has 0 amide bonds. The van der Waals surface area contributed by atoms with Gasteiger partial charge >= 0.3 is 5.97 Å². The molecule has 36 heavy (non-hydrogen) atoms. The first kappa shape index (κ1) is 27.8. The number of anilines is 1. The van der Waals surface area contributed by atoms with E-state index in [2.05, 4.69) is 18.7 Å². The van der Waals surface area contributed by atoms with Crippen LogP contribution in [0.5, 0.6) is 0 Å². The lowest BCUT2D eigenvalue weighted by Crippen LogP contribution is -2.50. The zero-order valence-electron chi connectivity index (χ0n) is 21.8. The molecular formula is C28H37ClN4O3. The molecule has 8 heteroatoms. The Morgan fingerprint density at radius 2 is 1.97 bits per heavy atom. The first-order chi connectivity index (χ1) is 17.0. The van der Waals surface area contributed by atoms with Gasteiger partial charge in [-0.1, -0.05) is 37.6 Å². The number of piperidine rings is 1. The maximum absolute atomic E-state index is 12.5. The molecule has 1 fully saturated rings. The van der Waals surface area contributed by atoms with Crippen molar-refractivity contribution in [2.24, 2.45) is 5.92 Å². The predicted octanol–water partition coefficient (Wildman–Crippen LogP) is 5.59. The molecule has 1 unspecified atom stereocenters. The van der Waals surface area contributed by atoms with Gasteiger partial charge in [-0.3, -0.25) is 9.69 Å². The SMILES string of the molecule is C/C=C(/c1nc(C)c(C(C)(C=O)N2CCC(CCC(=O)O)CC2)c(N)n1)c1ccc(Cl)cc1C(C)C. The first-order valence-corrected chi connectivity index (χ1v) is 12.9. The summed E-state index contributed by atoms with van der Waals surface area (Å²) in [7, 11) is 0. The van der Waals surface area contributed by atoms with Crippen LogP contribution in [0.2, 0.25) is 5.02 Å². The summed E-state index contributed by atoms with van der Waals surface area (Å²) >= 11 is 6.27. The van der Waals surface area contributed by atoms with Crippen molar-refractivity contribution >= 4 is 35.2 Å². The van der Waals surface area contributed by atoms with E-state index in [1.165, 1.54) is 0 Å². The Labute approximate surface area is 218 Å². The highest BCUT2D eigenvalue weighted by atomic mass is 35.5. The molecule has 2 heterocycles. The van der Waals surface area contributed by atoms with Gasteiger partial charge in [0.05, 0.1) is 0 Å². The van der Waals surface area contributed by atoms with E-state index in [1.54, 1.807) is 0 Å². The Morgan fingerprint density at radius 3 is 2.50 bits per heavy atom. The summed E-state index contributed by atoms with van der Waals surface area (Å²) < 4.78 is 0.